The predicted molar refractivity (Wildman–Crippen MR) is 93.3 cm³/mol. The molecular formula is C24H30O. The highest BCUT2D eigenvalue weighted by atomic mass is 16.1. The van der Waals surface area contributed by atoms with Gasteiger partial charge < -0.3 is 0 Å². The van der Waals surface area contributed by atoms with Gasteiger partial charge in [-0.3, -0.25) is 4.79 Å². The predicted octanol–water partition coefficient (Wildman–Crippen LogP) is 4.56. The van der Waals surface area contributed by atoms with Crippen LogP contribution in [-0.4, -0.2) is 5.78 Å². The van der Waals surface area contributed by atoms with E-state index in [2.05, 4.69) is 0 Å². The smallest absolute Gasteiger partial charge is 0.136 e. The highest BCUT2D eigenvalue weighted by Crippen LogP contribution is 2.93. The van der Waals surface area contributed by atoms with Gasteiger partial charge in [0, 0.05) is 5.41 Å². The molecule has 0 radical (unpaired) electrons. The van der Waals surface area contributed by atoms with Crippen molar-refractivity contribution in [2.45, 2.75) is 58.3 Å². The van der Waals surface area contributed by atoms with Crippen LogP contribution in [0.3, 0.4) is 0 Å². The van der Waals surface area contributed by atoms with E-state index in [-0.39, 0.29) is 5.41 Å². The van der Waals surface area contributed by atoms with Crippen molar-refractivity contribution in [2.75, 3.05) is 0 Å². The summed E-state index contributed by atoms with van der Waals surface area (Å²) in [5.41, 5.74) is 1.64. The highest BCUT2D eigenvalue weighted by Gasteiger charge is 2.88. The third-order valence-corrected chi connectivity index (χ3v) is 13.3. The molecule has 0 heterocycles. The van der Waals surface area contributed by atoms with Gasteiger partial charge in [-0.1, -0.05) is 0 Å². The van der Waals surface area contributed by atoms with Gasteiger partial charge in [0.05, 0.1) is 0 Å². The zero-order valence-electron chi connectivity index (χ0n) is 15.4. The minimum absolute atomic E-state index is 0.145. The van der Waals surface area contributed by atoms with Crippen molar-refractivity contribution in [3.63, 3.8) is 0 Å². The molecule has 13 aliphatic rings. The number of rotatable bonds is 1. The van der Waals surface area contributed by atoms with Crippen molar-refractivity contribution in [1.82, 2.24) is 0 Å². The van der Waals surface area contributed by atoms with Gasteiger partial charge in [-0.2, -0.15) is 0 Å². The Morgan fingerprint density at radius 3 is 1.88 bits per heavy atom. The van der Waals surface area contributed by atoms with E-state index in [9.17, 15) is 4.79 Å². The van der Waals surface area contributed by atoms with Crippen LogP contribution in [-0.2, 0) is 4.79 Å². The molecule has 0 amide bonds. The molecule has 0 aliphatic heterocycles. The molecule has 13 fully saturated rings. The molecule has 1 nitrogen and oxygen atoms in total. The summed E-state index contributed by atoms with van der Waals surface area (Å²) in [6, 6.07) is 0. The van der Waals surface area contributed by atoms with Crippen molar-refractivity contribution >= 4 is 5.78 Å². The first-order chi connectivity index (χ1) is 12.1. The largest absolute Gasteiger partial charge is 0.299 e. The molecule has 0 N–H and O–H groups in total. The topological polar surface area (TPSA) is 17.1 Å². The molecule has 13 rings (SSSR count). The van der Waals surface area contributed by atoms with Crippen LogP contribution in [0.25, 0.3) is 0 Å². The fourth-order valence-corrected chi connectivity index (χ4v) is 14.0. The molecule has 0 aromatic heterocycles. The molecule has 14 bridgehead atoms. The van der Waals surface area contributed by atoms with Gasteiger partial charge in [0.1, 0.15) is 5.78 Å². The van der Waals surface area contributed by atoms with E-state index in [1.54, 1.807) is 32.1 Å². The van der Waals surface area contributed by atoms with Crippen molar-refractivity contribution in [2.24, 2.45) is 81.3 Å². The van der Waals surface area contributed by atoms with Gasteiger partial charge in [0.2, 0.25) is 0 Å². The molecule has 13 aliphatic carbocycles. The summed E-state index contributed by atoms with van der Waals surface area (Å²) in [5, 5.41) is 0. The van der Waals surface area contributed by atoms with Crippen LogP contribution in [0.15, 0.2) is 0 Å². The van der Waals surface area contributed by atoms with E-state index in [4.69, 9.17) is 0 Å². The fraction of sp³-hybridized carbons (Fsp3) is 0.958. The standard InChI is InChI=1S/C24H30O/c1-10(25)22-5-16-15-7-23-4-11-2-12-14-8-24(9-22,20(16)18(12)23)21(17(15)6-22)19(23)13(14)3-11/h11-21H,2-9H2,1H3. The van der Waals surface area contributed by atoms with Crippen LogP contribution in [0, 0.1) is 81.3 Å². The minimum Gasteiger partial charge on any atom is -0.299 e. The Hall–Kier alpha value is -0.330. The van der Waals surface area contributed by atoms with Crippen LogP contribution in [0.2, 0.25) is 0 Å². The molecule has 25 heavy (non-hydrogen) atoms. The third-order valence-electron chi connectivity index (χ3n) is 13.3. The fourth-order valence-electron chi connectivity index (χ4n) is 14.0. The lowest BCUT2D eigenvalue weighted by molar-refractivity contribution is -0.437. The van der Waals surface area contributed by atoms with Gasteiger partial charge in [0.25, 0.3) is 0 Å². The number of hydrogen-bond acceptors (Lipinski definition) is 1. The summed E-state index contributed by atoms with van der Waals surface area (Å²) in [7, 11) is 0. The molecule has 0 saturated heterocycles. The summed E-state index contributed by atoms with van der Waals surface area (Å²) in [5.74, 6) is 12.5. The van der Waals surface area contributed by atoms with E-state index in [1.807, 2.05) is 6.92 Å². The first kappa shape index (κ1) is 12.9. The summed E-state index contributed by atoms with van der Waals surface area (Å²) >= 11 is 0. The molecule has 8 unspecified atom stereocenters. The normalized spacial score (nSPS) is 79.2. The Morgan fingerprint density at radius 2 is 1.24 bits per heavy atom. The number of ketones is 1. The molecular weight excluding hydrogens is 304 g/mol. The molecule has 2 spiro atoms. The van der Waals surface area contributed by atoms with E-state index >= 15 is 0 Å². The Morgan fingerprint density at radius 1 is 0.680 bits per heavy atom. The quantitative estimate of drug-likeness (QED) is 0.687. The summed E-state index contributed by atoms with van der Waals surface area (Å²) < 4.78 is 0. The molecule has 8 atom stereocenters. The van der Waals surface area contributed by atoms with E-state index in [1.165, 1.54) is 19.3 Å². The monoisotopic (exact) mass is 334 g/mol. The Balaban J connectivity index is 1.37. The van der Waals surface area contributed by atoms with Crippen LogP contribution in [0.4, 0.5) is 0 Å². The Labute approximate surface area is 150 Å². The average molecular weight is 335 g/mol. The zero-order valence-corrected chi connectivity index (χ0v) is 15.4. The van der Waals surface area contributed by atoms with Gasteiger partial charge in [0.15, 0.2) is 0 Å². The average Bonchev–Trinajstić information content (AvgIpc) is 2.59. The summed E-state index contributed by atoms with van der Waals surface area (Å²) in [6.07, 6.45) is 12.1. The van der Waals surface area contributed by atoms with Gasteiger partial charge in [-0.15, -0.1) is 0 Å². The second kappa shape index (κ2) is 3.20. The lowest BCUT2D eigenvalue weighted by Gasteiger charge is -2.92. The SMILES string of the molecule is CC(=O)C12CC3C4CC56CC7CC8C9CC(C1)(C3C85)C(C4C2)C6C9C7. The summed E-state index contributed by atoms with van der Waals surface area (Å²) in [6.45, 7) is 1.97. The first-order valence-electron chi connectivity index (χ1n) is 11.6. The zero-order chi connectivity index (χ0) is 16.1. The minimum atomic E-state index is 0.145. The van der Waals surface area contributed by atoms with Crippen molar-refractivity contribution in [3.8, 4) is 0 Å². The molecule has 0 aromatic rings. The maximum atomic E-state index is 12.9. The van der Waals surface area contributed by atoms with Crippen molar-refractivity contribution in [3.05, 3.63) is 0 Å². The third kappa shape index (κ3) is 0.941. The second-order valence-electron chi connectivity index (χ2n) is 12.9. The molecule has 13 saturated carbocycles. The van der Waals surface area contributed by atoms with Crippen LogP contribution in [0.1, 0.15) is 58.3 Å². The number of carbonyl (C=O) groups is 1. The van der Waals surface area contributed by atoms with Gasteiger partial charge in [-0.05, 0) is 134 Å². The highest BCUT2D eigenvalue weighted by molar-refractivity contribution is 5.83. The van der Waals surface area contributed by atoms with Crippen molar-refractivity contribution < 1.29 is 4.79 Å². The number of carbonyl (C=O) groups excluding carboxylic acids is 1. The maximum Gasteiger partial charge on any atom is 0.136 e. The Bertz CT molecular complexity index is 739. The van der Waals surface area contributed by atoms with E-state index < -0.39 is 0 Å². The summed E-state index contributed by atoms with van der Waals surface area (Å²) in [4.78, 5) is 12.9. The van der Waals surface area contributed by atoms with Crippen LogP contribution < -0.4 is 0 Å². The lowest BCUT2D eigenvalue weighted by atomic mass is 9.12. The Kier molecular flexibility index (Phi) is 1.66. The van der Waals surface area contributed by atoms with Gasteiger partial charge in [-0.25, -0.2) is 0 Å². The van der Waals surface area contributed by atoms with Crippen LogP contribution in [0.5, 0.6) is 0 Å². The second-order valence-corrected chi connectivity index (χ2v) is 12.9. The number of Topliss-reactive ketones (excluding diaryl/α,β-unsaturated/α-hetero) is 1. The van der Waals surface area contributed by atoms with E-state index in [0.717, 1.165) is 70.5 Å². The molecule has 0 aromatic carbocycles. The molecule has 1 heteroatoms. The van der Waals surface area contributed by atoms with Crippen molar-refractivity contribution in [1.29, 1.82) is 0 Å². The molecule has 132 valence electrons. The lowest BCUT2D eigenvalue weighted by Crippen LogP contribution is -2.86. The first-order valence-corrected chi connectivity index (χ1v) is 11.6. The van der Waals surface area contributed by atoms with Crippen LogP contribution >= 0.6 is 0 Å². The van der Waals surface area contributed by atoms with Gasteiger partial charge >= 0.3 is 0 Å². The number of hydrogen-bond donors (Lipinski definition) is 0. The van der Waals surface area contributed by atoms with E-state index in [0.29, 0.717) is 11.2 Å². The maximum absolute atomic E-state index is 12.9.